The summed E-state index contributed by atoms with van der Waals surface area (Å²) in [5.74, 6) is 0.606. The largest absolute Gasteiger partial charge is 0.486 e. The van der Waals surface area contributed by atoms with Crippen LogP contribution >= 0.6 is 0 Å². The van der Waals surface area contributed by atoms with Crippen molar-refractivity contribution in [2.24, 2.45) is 9.98 Å². The first-order chi connectivity index (χ1) is 12.2. The Balaban J connectivity index is 2.26. The monoisotopic (exact) mass is 332 g/mol. The number of hydrogen-bond acceptors (Lipinski definition) is 3. The molecule has 1 heterocycles. The third-order valence-electron chi connectivity index (χ3n) is 3.68. The highest BCUT2D eigenvalue weighted by Crippen LogP contribution is 2.21. The maximum absolute atomic E-state index is 5.65. The van der Waals surface area contributed by atoms with Crippen LogP contribution in [0.25, 0.3) is 5.57 Å². The number of nitrogens with zero attached hydrogens (tertiary/aromatic N) is 2. The van der Waals surface area contributed by atoms with Gasteiger partial charge in [-0.15, -0.1) is 0 Å². The van der Waals surface area contributed by atoms with E-state index in [9.17, 15) is 0 Å². The summed E-state index contributed by atoms with van der Waals surface area (Å²) in [5.41, 5.74) is 4.90. The van der Waals surface area contributed by atoms with Gasteiger partial charge in [0.15, 0.2) is 0 Å². The number of hydrogen-bond donors (Lipinski definition) is 0. The quantitative estimate of drug-likeness (QED) is 0.657. The SMILES string of the molecule is C=C1OCC(c2ccc(C(/C=N\C=C/C)=C/C)cc2)=N/C1=C/C=C\C. The molecule has 25 heavy (non-hydrogen) atoms. The second kappa shape index (κ2) is 9.38. The Morgan fingerprint density at radius 2 is 1.92 bits per heavy atom. The molecule has 1 aromatic carbocycles. The van der Waals surface area contributed by atoms with Crippen molar-refractivity contribution in [3.8, 4) is 0 Å². The molecule has 0 fully saturated rings. The van der Waals surface area contributed by atoms with Gasteiger partial charge in [0.1, 0.15) is 18.1 Å². The average Bonchev–Trinajstić information content (AvgIpc) is 2.65. The number of benzene rings is 1. The van der Waals surface area contributed by atoms with Gasteiger partial charge in [-0.2, -0.15) is 0 Å². The Morgan fingerprint density at radius 1 is 1.16 bits per heavy atom. The van der Waals surface area contributed by atoms with E-state index in [0.29, 0.717) is 12.4 Å². The second-order valence-electron chi connectivity index (χ2n) is 5.43. The Kier molecular flexibility index (Phi) is 6.90. The molecule has 0 N–H and O–H groups in total. The van der Waals surface area contributed by atoms with Crippen LogP contribution in [0, 0.1) is 0 Å². The van der Waals surface area contributed by atoms with Gasteiger partial charge < -0.3 is 4.74 Å². The molecular formula is C22H24N2O. The third kappa shape index (κ3) is 5.01. The van der Waals surface area contributed by atoms with Crippen molar-refractivity contribution in [2.45, 2.75) is 20.8 Å². The number of aliphatic imine (C=N–C) groups is 2. The van der Waals surface area contributed by atoms with Gasteiger partial charge in [-0.3, -0.25) is 4.99 Å². The lowest BCUT2D eigenvalue weighted by Gasteiger charge is -2.18. The highest BCUT2D eigenvalue weighted by molar-refractivity contribution is 6.10. The molecule has 0 saturated carbocycles. The van der Waals surface area contributed by atoms with Crippen LogP contribution in [0.5, 0.6) is 0 Å². The lowest BCUT2D eigenvalue weighted by Crippen LogP contribution is -2.16. The van der Waals surface area contributed by atoms with Crippen molar-refractivity contribution in [1.29, 1.82) is 0 Å². The molecule has 0 bridgehead atoms. The van der Waals surface area contributed by atoms with Crippen molar-refractivity contribution < 1.29 is 4.74 Å². The molecule has 0 atom stereocenters. The van der Waals surface area contributed by atoms with Gasteiger partial charge >= 0.3 is 0 Å². The van der Waals surface area contributed by atoms with E-state index in [1.165, 1.54) is 0 Å². The van der Waals surface area contributed by atoms with Gasteiger partial charge in [-0.05, 0) is 43.5 Å². The summed E-state index contributed by atoms with van der Waals surface area (Å²) in [5, 5.41) is 0. The van der Waals surface area contributed by atoms with Crippen LogP contribution in [-0.4, -0.2) is 18.5 Å². The summed E-state index contributed by atoms with van der Waals surface area (Å²) in [6.07, 6.45) is 13.4. The van der Waals surface area contributed by atoms with Gasteiger partial charge in [0, 0.05) is 12.4 Å². The van der Waals surface area contributed by atoms with Crippen molar-refractivity contribution in [1.82, 2.24) is 0 Å². The maximum atomic E-state index is 5.65. The van der Waals surface area contributed by atoms with E-state index in [0.717, 1.165) is 28.1 Å². The zero-order chi connectivity index (χ0) is 18.1. The van der Waals surface area contributed by atoms with E-state index in [2.05, 4.69) is 40.8 Å². The van der Waals surface area contributed by atoms with E-state index in [4.69, 9.17) is 4.74 Å². The Hall–Kier alpha value is -2.94. The number of allylic oxidation sites excluding steroid dienone is 6. The minimum Gasteiger partial charge on any atom is -0.486 e. The first kappa shape index (κ1) is 18.4. The van der Waals surface area contributed by atoms with E-state index >= 15 is 0 Å². The zero-order valence-electron chi connectivity index (χ0n) is 15.1. The fourth-order valence-electron chi connectivity index (χ4n) is 2.32. The minimum absolute atomic E-state index is 0.435. The predicted molar refractivity (Wildman–Crippen MR) is 108 cm³/mol. The van der Waals surface area contributed by atoms with Crippen LogP contribution in [0.4, 0.5) is 0 Å². The van der Waals surface area contributed by atoms with E-state index < -0.39 is 0 Å². The van der Waals surface area contributed by atoms with Crippen LogP contribution in [0.15, 0.2) is 88.9 Å². The van der Waals surface area contributed by atoms with Crippen LogP contribution in [0.1, 0.15) is 31.9 Å². The van der Waals surface area contributed by atoms with Gasteiger partial charge in [-0.25, -0.2) is 4.99 Å². The molecule has 0 saturated heterocycles. The minimum atomic E-state index is 0.435. The highest BCUT2D eigenvalue weighted by atomic mass is 16.5. The molecule has 0 spiro atoms. The molecule has 3 nitrogen and oxygen atoms in total. The van der Waals surface area contributed by atoms with Gasteiger partial charge in [-0.1, -0.05) is 55.1 Å². The van der Waals surface area contributed by atoms with Crippen LogP contribution < -0.4 is 0 Å². The van der Waals surface area contributed by atoms with E-state index in [1.54, 1.807) is 6.20 Å². The molecule has 0 radical (unpaired) electrons. The normalized spacial score (nSPS) is 17.7. The smallest absolute Gasteiger partial charge is 0.138 e. The zero-order valence-corrected chi connectivity index (χ0v) is 15.1. The Morgan fingerprint density at radius 3 is 2.56 bits per heavy atom. The molecule has 128 valence electrons. The van der Waals surface area contributed by atoms with Crippen molar-refractivity contribution in [2.75, 3.05) is 6.61 Å². The van der Waals surface area contributed by atoms with Crippen molar-refractivity contribution in [3.05, 3.63) is 90.0 Å². The maximum Gasteiger partial charge on any atom is 0.138 e. The average molecular weight is 332 g/mol. The van der Waals surface area contributed by atoms with Crippen LogP contribution in [-0.2, 0) is 4.74 Å². The van der Waals surface area contributed by atoms with Gasteiger partial charge in [0.05, 0.1) is 5.71 Å². The highest BCUT2D eigenvalue weighted by Gasteiger charge is 2.15. The molecular weight excluding hydrogens is 308 g/mol. The molecule has 0 aliphatic carbocycles. The summed E-state index contributed by atoms with van der Waals surface area (Å²) in [4.78, 5) is 8.93. The Bertz CT molecular complexity index is 788. The van der Waals surface area contributed by atoms with E-state index in [-0.39, 0.29) is 0 Å². The lowest BCUT2D eigenvalue weighted by atomic mass is 10.0. The second-order valence-corrected chi connectivity index (χ2v) is 5.43. The predicted octanol–water partition coefficient (Wildman–Crippen LogP) is 5.49. The summed E-state index contributed by atoms with van der Waals surface area (Å²) in [6.45, 7) is 10.3. The number of ether oxygens (including phenoxy) is 1. The van der Waals surface area contributed by atoms with Gasteiger partial charge in [0.2, 0.25) is 0 Å². The summed E-state index contributed by atoms with van der Waals surface area (Å²) < 4.78 is 5.65. The summed E-state index contributed by atoms with van der Waals surface area (Å²) in [6, 6.07) is 8.28. The van der Waals surface area contributed by atoms with E-state index in [1.807, 2.05) is 57.4 Å². The Labute approximate surface area is 150 Å². The summed E-state index contributed by atoms with van der Waals surface area (Å²) >= 11 is 0. The molecule has 0 aromatic heterocycles. The summed E-state index contributed by atoms with van der Waals surface area (Å²) in [7, 11) is 0. The lowest BCUT2D eigenvalue weighted by molar-refractivity contribution is 0.262. The molecule has 1 aliphatic heterocycles. The van der Waals surface area contributed by atoms with Crippen molar-refractivity contribution >= 4 is 17.5 Å². The molecule has 3 heteroatoms. The molecule has 0 unspecified atom stereocenters. The van der Waals surface area contributed by atoms with Gasteiger partial charge in [0.25, 0.3) is 0 Å². The van der Waals surface area contributed by atoms with Crippen LogP contribution in [0.2, 0.25) is 0 Å². The fourth-order valence-corrected chi connectivity index (χ4v) is 2.32. The first-order valence-corrected chi connectivity index (χ1v) is 8.33. The molecule has 1 aromatic rings. The molecule has 0 amide bonds. The molecule has 2 rings (SSSR count). The third-order valence-corrected chi connectivity index (χ3v) is 3.68. The van der Waals surface area contributed by atoms with Crippen LogP contribution in [0.3, 0.4) is 0 Å². The van der Waals surface area contributed by atoms with Crippen molar-refractivity contribution in [3.63, 3.8) is 0 Å². The standard InChI is InChI=1S/C22H24N2O/c1-5-8-9-21-17(4)25-16-22(24-21)20-12-10-19(11-13-20)18(7-3)15-23-14-6-2/h5-15H,4,16H2,1-3H3/b8-5-,14-6-,18-7+,21-9+,23-15-. The molecule has 1 aliphatic rings. The first-order valence-electron chi connectivity index (χ1n) is 8.33. The topological polar surface area (TPSA) is 34.0 Å². The number of rotatable bonds is 5. The fraction of sp³-hybridized carbons (Fsp3) is 0.182.